The Kier molecular flexibility index (Phi) is 6.89. The molecule has 1 aliphatic heterocycles. The topological polar surface area (TPSA) is 18.5 Å². The Morgan fingerprint density at radius 1 is 1.04 bits per heavy atom. The number of piperidine rings is 1. The molecule has 1 saturated heterocycles. The number of likely N-dealkylation sites (tertiary alicyclic amines) is 1. The van der Waals surface area contributed by atoms with Crippen molar-refractivity contribution in [3.8, 4) is 0 Å². The Labute approximate surface area is 152 Å². The number of para-hydroxylation sites is 1. The highest BCUT2D eigenvalue weighted by atomic mass is 15.2. The van der Waals surface area contributed by atoms with Crippen LogP contribution in [0.3, 0.4) is 0 Å². The average Bonchev–Trinajstić information content (AvgIpc) is 2.67. The molecule has 0 aliphatic carbocycles. The van der Waals surface area contributed by atoms with Crippen LogP contribution in [0.2, 0.25) is 0 Å². The van der Waals surface area contributed by atoms with Crippen LogP contribution >= 0.6 is 0 Å². The van der Waals surface area contributed by atoms with Gasteiger partial charge in [-0.25, -0.2) is 0 Å². The molecule has 0 amide bonds. The maximum absolute atomic E-state index is 3.78. The first-order valence-electron chi connectivity index (χ1n) is 9.57. The van der Waals surface area contributed by atoms with Gasteiger partial charge in [-0.05, 0) is 50.0 Å². The number of anilines is 1. The van der Waals surface area contributed by atoms with E-state index in [1.165, 1.54) is 43.6 Å². The first kappa shape index (κ1) is 18.0. The summed E-state index contributed by atoms with van der Waals surface area (Å²) in [4.78, 5) is 4.93. The molecule has 0 bridgehead atoms. The molecule has 0 aromatic heterocycles. The molecule has 134 valence electrons. The summed E-state index contributed by atoms with van der Waals surface area (Å²) in [6.45, 7) is 5.67. The lowest BCUT2D eigenvalue weighted by atomic mass is 10.0. The predicted octanol–water partition coefficient (Wildman–Crippen LogP) is 3.77. The van der Waals surface area contributed by atoms with Gasteiger partial charge in [0.2, 0.25) is 0 Å². The molecule has 3 heteroatoms. The van der Waals surface area contributed by atoms with Gasteiger partial charge in [0.1, 0.15) is 0 Å². The van der Waals surface area contributed by atoms with Gasteiger partial charge in [-0.3, -0.25) is 4.90 Å². The third kappa shape index (κ3) is 5.87. The second-order valence-electron chi connectivity index (χ2n) is 7.12. The molecule has 2 aromatic rings. The first-order chi connectivity index (χ1) is 12.3. The summed E-state index contributed by atoms with van der Waals surface area (Å²) >= 11 is 0. The highest BCUT2D eigenvalue weighted by Gasteiger charge is 2.19. The van der Waals surface area contributed by atoms with Gasteiger partial charge in [0.25, 0.3) is 0 Å². The number of hydrogen-bond donors (Lipinski definition) is 1. The fourth-order valence-electron chi connectivity index (χ4n) is 3.64. The standard InChI is InChI=1S/C22H31N3/c1-24(22-13-6-3-7-14-22)16-9-15-23-21-12-8-17-25(19-21)18-20-10-4-2-5-11-20/h2-7,10-11,13-14,21,23H,8-9,12,15-19H2,1H3. The van der Waals surface area contributed by atoms with Gasteiger partial charge in [0.15, 0.2) is 0 Å². The van der Waals surface area contributed by atoms with E-state index in [0.29, 0.717) is 6.04 Å². The third-order valence-corrected chi connectivity index (χ3v) is 5.05. The van der Waals surface area contributed by atoms with Crippen LogP contribution in [0.1, 0.15) is 24.8 Å². The van der Waals surface area contributed by atoms with E-state index in [0.717, 1.165) is 19.6 Å². The van der Waals surface area contributed by atoms with Gasteiger partial charge >= 0.3 is 0 Å². The van der Waals surface area contributed by atoms with Crippen LogP contribution < -0.4 is 10.2 Å². The average molecular weight is 338 g/mol. The largest absolute Gasteiger partial charge is 0.375 e. The Bertz CT molecular complexity index is 599. The number of nitrogens with one attached hydrogen (secondary N) is 1. The molecule has 1 N–H and O–H groups in total. The molecule has 25 heavy (non-hydrogen) atoms. The molecule has 1 unspecified atom stereocenters. The van der Waals surface area contributed by atoms with E-state index in [2.05, 4.69) is 82.8 Å². The van der Waals surface area contributed by atoms with E-state index >= 15 is 0 Å². The second-order valence-corrected chi connectivity index (χ2v) is 7.12. The van der Waals surface area contributed by atoms with Gasteiger partial charge in [0.05, 0.1) is 0 Å². The van der Waals surface area contributed by atoms with Crippen molar-refractivity contribution in [2.45, 2.75) is 31.8 Å². The van der Waals surface area contributed by atoms with E-state index in [1.54, 1.807) is 0 Å². The number of benzene rings is 2. The summed E-state index contributed by atoms with van der Waals surface area (Å²) in [6.07, 6.45) is 3.79. The fraction of sp³-hybridized carbons (Fsp3) is 0.455. The van der Waals surface area contributed by atoms with Crippen molar-refractivity contribution in [1.29, 1.82) is 0 Å². The molecule has 0 spiro atoms. The van der Waals surface area contributed by atoms with Gasteiger partial charge in [-0.1, -0.05) is 48.5 Å². The number of hydrogen-bond acceptors (Lipinski definition) is 3. The maximum Gasteiger partial charge on any atom is 0.0363 e. The predicted molar refractivity (Wildman–Crippen MR) is 107 cm³/mol. The highest BCUT2D eigenvalue weighted by Crippen LogP contribution is 2.14. The second kappa shape index (κ2) is 9.59. The summed E-state index contributed by atoms with van der Waals surface area (Å²) in [5.41, 5.74) is 2.72. The zero-order chi connectivity index (χ0) is 17.3. The first-order valence-corrected chi connectivity index (χ1v) is 9.57. The summed E-state index contributed by atoms with van der Waals surface area (Å²) in [6, 6.07) is 22.1. The smallest absolute Gasteiger partial charge is 0.0363 e. The molecule has 1 heterocycles. The molecular formula is C22H31N3. The van der Waals surface area contributed by atoms with Gasteiger partial charge in [-0.15, -0.1) is 0 Å². The molecule has 3 nitrogen and oxygen atoms in total. The van der Waals surface area contributed by atoms with Crippen LogP contribution in [-0.4, -0.2) is 44.2 Å². The molecule has 0 radical (unpaired) electrons. The number of rotatable bonds is 8. The van der Waals surface area contributed by atoms with Crippen LogP contribution in [0.5, 0.6) is 0 Å². The lowest BCUT2D eigenvalue weighted by Crippen LogP contribution is -2.45. The lowest BCUT2D eigenvalue weighted by Gasteiger charge is -2.33. The normalized spacial score (nSPS) is 18.2. The Hall–Kier alpha value is -1.84. The summed E-state index contributed by atoms with van der Waals surface area (Å²) in [5, 5.41) is 3.78. The van der Waals surface area contributed by atoms with Crippen LogP contribution in [0, 0.1) is 0 Å². The lowest BCUT2D eigenvalue weighted by molar-refractivity contribution is 0.183. The number of nitrogens with zero attached hydrogens (tertiary/aromatic N) is 2. The van der Waals surface area contributed by atoms with Crippen molar-refractivity contribution in [2.24, 2.45) is 0 Å². The van der Waals surface area contributed by atoms with Crippen molar-refractivity contribution in [3.63, 3.8) is 0 Å². The van der Waals surface area contributed by atoms with Crippen LogP contribution in [-0.2, 0) is 6.54 Å². The molecule has 1 fully saturated rings. The maximum atomic E-state index is 3.78. The molecule has 0 saturated carbocycles. The quantitative estimate of drug-likeness (QED) is 0.740. The van der Waals surface area contributed by atoms with Crippen LogP contribution in [0.4, 0.5) is 5.69 Å². The summed E-state index contributed by atoms with van der Waals surface area (Å²) in [5.74, 6) is 0. The molecule has 3 rings (SSSR count). The van der Waals surface area contributed by atoms with Crippen molar-refractivity contribution < 1.29 is 0 Å². The van der Waals surface area contributed by atoms with E-state index < -0.39 is 0 Å². The van der Waals surface area contributed by atoms with Crippen LogP contribution in [0.25, 0.3) is 0 Å². The van der Waals surface area contributed by atoms with Crippen molar-refractivity contribution >= 4 is 5.69 Å². The van der Waals surface area contributed by atoms with Crippen LogP contribution in [0.15, 0.2) is 60.7 Å². The van der Waals surface area contributed by atoms with Gasteiger partial charge in [-0.2, -0.15) is 0 Å². The van der Waals surface area contributed by atoms with Crippen molar-refractivity contribution in [2.75, 3.05) is 38.1 Å². The zero-order valence-electron chi connectivity index (χ0n) is 15.4. The third-order valence-electron chi connectivity index (χ3n) is 5.05. The van der Waals surface area contributed by atoms with Gasteiger partial charge in [0, 0.05) is 38.4 Å². The van der Waals surface area contributed by atoms with E-state index in [-0.39, 0.29) is 0 Å². The summed E-state index contributed by atoms with van der Waals surface area (Å²) in [7, 11) is 2.18. The Morgan fingerprint density at radius 2 is 1.76 bits per heavy atom. The Morgan fingerprint density at radius 3 is 2.52 bits per heavy atom. The van der Waals surface area contributed by atoms with E-state index in [9.17, 15) is 0 Å². The van der Waals surface area contributed by atoms with E-state index in [4.69, 9.17) is 0 Å². The minimum Gasteiger partial charge on any atom is -0.375 e. The monoisotopic (exact) mass is 337 g/mol. The molecular weight excluding hydrogens is 306 g/mol. The molecule has 1 aliphatic rings. The van der Waals surface area contributed by atoms with Gasteiger partial charge < -0.3 is 10.2 Å². The minimum atomic E-state index is 0.638. The zero-order valence-corrected chi connectivity index (χ0v) is 15.4. The van der Waals surface area contributed by atoms with Crippen molar-refractivity contribution in [3.05, 3.63) is 66.2 Å². The highest BCUT2D eigenvalue weighted by molar-refractivity contribution is 5.44. The molecule has 2 aromatic carbocycles. The fourth-order valence-corrected chi connectivity index (χ4v) is 3.64. The minimum absolute atomic E-state index is 0.638. The molecule has 1 atom stereocenters. The van der Waals surface area contributed by atoms with E-state index in [1.807, 2.05) is 0 Å². The van der Waals surface area contributed by atoms with Crippen molar-refractivity contribution in [1.82, 2.24) is 10.2 Å². The SMILES string of the molecule is CN(CCCNC1CCCN(Cc2ccccc2)C1)c1ccccc1. The summed E-state index contributed by atoms with van der Waals surface area (Å²) < 4.78 is 0. The Balaban J connectivity index is 1.35.